The summed E-state index contributed by atoms with van der Waals surface area (Å²) in [6.07, 6.45) is 3.95. The quantitative estimate of drug-likeness (QED) is 0.645. The van der Waals surface area contributed by atoms with Crippen LogP contribution in [0.2, 0.25) is 0 Å². The Bertz CT molecular complexity index is 812. The third-order valence-corrected chi connectivity index (χ3v) is 3.79. The van der Waals surface area contributed by atoms with Gasteiger partial charge in [0.1, 0.15) is 0 Å². The van der Waals surface area contributed by atoms with Crippen LogP contribution in [0.5, 0.6) is 0 Å². The SMILES string of the molecule is Cc1cnc(Cn2cnc(S(N)(=O)=O)c2)c(C)c1[N+](=O)[O-]. The van der Waals surface area contributed by atoms with Gasteiger partial charge in [0.05, 0.1) is 29.1 Å². The number of sulfonamides is 1. The highest BCUT2D eigenvalue weighted by atomic mass is 32.2. The van der Waals surface area contributed by atoms with Crippen molar-refractivity contribution in [1.29, 1.82) is 0 Å². The van der Waals surface area contributed by atoms with E-state index in [2.05, 4.69) is 9.97 Å². The van der Waals surface area contributed by atoms with Crippen molar-refractivity contribution in [1.82, 2.24) is 14.5 Å². The second-order valence-electron chi connectivity index (χ2n) is 4.55. The second-order valence-corrected chi connectivity index (χ2v) is 6.06. The molecular formula is C11H13N5O4S. The molecule has 21 heavy (non-hydrogen) atoms. The lowest BCUT2D eigenvalue weighted by Gasteiger charge is -2.07. The summed E-state index contributed by atoms with van der Waals surface area (Å²) in [5.74, 6) is 0. The van der Waals surface area contributed by atoms with Crippen LogP contribution in [-0.2, 0) is 16.6 Å². The second kappa shape index (κ2) is 5.22. The smallest absolute Gasteiger partial charge is 0.278 e. The lowest BCUT2D eigenvalue weighted by molar-refractivity contribution is -0.386. The number of primary sulfonamides is 1. The summed E-state index contributed by atoms with van der Waals surface area (Å²) < 4.78 is 23.8. The summed E-state index contributed by atoms with van der Waals surface area (Å²) in [5.41, 5.74) is 1.38. The first-order valence-corrected chi connectivity index (χ1v) is 7.39. The van der Waals surface area contributed by atoms with Crippen molar-refractivity contribution in [3.05, 3.63) is 45.7 Å². The molecule has 10 heteroatoms. The fourth-order valence-corrected chi connectivity index (χ4v) is 2.43. The first kappa shape index (κ1) is 15.1. The number of hydrogen-bond donors (Lipinski definition) is 1. The molecule has 2 aromatic heterocycles. The molecule has 9 nitrogen and oxygen atoms in total. The van der Waals surface area contributed by atoms with Gasteiger partial charge in [-0.25, -0.2) is 18.5 Å². The van der Waals surface area contributed by atoms with E-state index in [1.165, 1.54) is 23.3 Å². The molecule has 0 aromatic carbocycles. The van der Waals surface area contributed by atoms with Gasteiger partial charge >= 0.3 is 0 Å². The number of aromatic nitrogens is 3. The zero-order valence-corrected chi connectivity index (χ0v) is 12.2. The number of aryl methyl sites for hydroxylation is 1. The zero-order valence-electron chi connectivity index (χ0n) is 11.3. The van der Waals surface area contributed by atoms with E-state index in [-0.39, 0.29) is 17.3 Å². The van der Waals surface area contributed by atoms with Gasteiger partial charge < -0.3 is 4.57 Å². The largest absolute Gasteiger partial charge is 0.330 e. The molecule has 0 aliphatic carbocycles. The fraction of sp³-hybridized carbons (Fsp3) is 0.273. The minimum absolute atomic E-state index is 0.00628. The Kier molecular flexibility index (Phi) is 3.75. The lowest BCUT2D eigenvalue weighted by Crippen LogP contribution is -2.12. The van der Waals surface area contributed by atoms with Crippen molar-refractivity contribution in [2.45, 2.75) is 25.4 Å². The summed E-state index contributed by atoms with van der Waals surface area (Å²) in [4.78, 5) is 18.4. The van der Waals surface area contributed by atoms with Crippen molar-refractivity contribution in [3.8, 4) is 0 Å². The summed E-state index contributed by atoms with van der Waals surface area (Å²) >= 11 is 0. The molecule has 0 fully saturated rings. The number of nitrogens with two attached hydrogens (primary N) is 1. The fourth-order valence-electron chi connectivity index (χ4n) is 1.95. The van der Waals surface area contributed by atoms with Crippen molar-refractivity contribution < 1.29 is 13.3 Å². The van der Waals surface area contributed by atoms with Gasteiger partial charge in [-0.05, 0) is 13.8 Å². The first-order valence-electron chi connectivity index (χ1n) is 5.84. The number of nitrogens with zero attached hydrogens (tertiary/aromatic N) is 4. The highest BCUT2D eigenvalue weighted by Gasteiger charge is 2.19. The molecule has 0 spiro atoms. The number of nitro groups is 1. The van der Waals surface area contributed by atoms with Crippen molar-refractivity contribution in [2.75, 3.05) is 0 Å². The predicted molar refractivity (Wildman–Crippen MR) is 73.1 cm³/mol. The van der Waals surface area contributed by atoms with Crippen LogP contribution in [0.3, 0.4) is 0 Å². The van der Waals surface area contributed by atoms with E-state index in [1.54, 1.807) is 13.8 Å². The molecule has 0 unspecified atom stereocenters. The summed E-state index contributed by atoms with van der Waals surface area (Å²) in [5, 5.41) is 15.8. The van der Waals surface area contributed by atoms with Crippen LogP contribution >= 0.6 is 0 Å². The van der Waals surface area contributed by atoms with Gasteiger partial charge in [-0.3, -0.25) is 15.1 Å². The van der Waals surface area contributed by atoms with Gasteiger partial charge in [-0.2, -0.15) is 0 Å². The van der Waals surface area contributed by atoms with E-state index in [0.29, 0.717) is 16.8 Å². The molecule has 2 aromatic rings. The van der Waals surface area contributed by atoms with E-state index in [1.807, 2.05) is 0 Å². The van der Waals surface area contributed by atoms with E-state index in [0.717, 1.165) is 0 Å². The van der Waals surface area contributed by atoms with Gasteiger partial charge in [0.2, 0.25) is 0 Å². The van der Waals surface area contributed by atoms with Crippen LogP contribution in [0.25, 0.3) is 0 Å². The molecule has 0 amide bonds. The maximum absolute atomic E-state index is 11.2. The molecule has 0 saturated heterocycles. The summed E-state index contributed by atoms with van der Waals surface area (Å²) in [6.45, 7) is 3.37. The molecule has 2 rings (SSSR count). The first-order chi connectivity index (χ1) is 9.70. The molecule has 0 aliphatic rings. The van der Waals surface area contributed by atoms with Gasteiger partial charge in [0.25, 0.3) is 15.7 Å². The Hall–Kier alpha value is -2.33. The Morgan fingerprint density at radius 3 is 2.57 bits per heavy atom. The molecular weight excluding hydrogens is 298 g/mol. The van der Waals surface area contributed by atoms with Gasteiger partial charge in [-0.1, -0.05) is 0 Å². The van der Waals surface area contributed by atoms with Gasteiger partial charge in [0, 0.05) is 18.0 Å². The highest BCUT2D eigenvalue weighted by molar-refractivity contribution is 7.89. The van der Waals surface area contributed by atoms with E-state index >= 15 is 0 Å². The number of pyridine rings is 1. The minimum atomic E-state index is -3.87. The third kappa shape index (κ3) is 3.06. The Labute approximate surface area is 120 Å². The maximum atomic E-state index is 11.2. The average molecular weight is 311 g/mol. The monoisotopic (exact) mass is 311 g/mol. The molecule has 0 radical (unpaired) electrons. The molecule has 0 saturated carbocycles. The highest BCUT2D eigenvalue weighted by Crippen LogP contribution is 2.24. The Balaban J connectivity index is 2.39. The average Bonchev–Trinajstić information content (AvgIpc) is 2.81. The van der Waals surface area contributed by atoms with Crippen LogP contribution < -0.4 is 5.14 Å². The van der Waals surface area contributed by atoms with Crippen LogP contribution in [0.15, 0.2) is 23.7 Å². The third-order valence-electron chi connectivity index (χ3n) is 2.99. The Morgan fingerprint density at radius 2 is 2.05 bits per heavy atom. The van der Waals surface area contributed by atoms with Crippen molar-refractivity contribution in [3.63, 3.8) is 0 Å². The molecule has 112 valence electrons. The van der Waals surface area contributed by atoms with Gasteiger partial charge in [-0.15, -0.1) is 0 Å². The van der Waals surface area contributed by atoms with Crippen molar-refractivity contribution >= 4 is 15.7 Å². The van der Waals surface area contributed by atoms with Crippen LogP contribution in [0.1, 0.15) is 16.8 Å². The normalized spacial score (nSPS) is 11.6. The number of rotatable bonds is 4. The van der Waals surface area contributed by atoms with Crippen LogP contribution in [-0.4, -0.2) is 27.9 Å². The Morgan fingerprint density at radius 1 is 1.38 bits per heavy atom. The molecule has 2 N–H and O–H groups in total. The minimum Gasteiger partial charge on any atom is -0.330 e. The van der Waals surface area contributed by atoms with E-state index in [4.69, 9.17) is 5.14 Å². The van der Waals surface area contributed by atoms with Crippen LogP contribution in [0.4, 0.5) is 5.69 Å². The number of hydrogen-bond acceptors (Lipinski definition) is 6. The number of imidazole rings is 1. The molecule has 2 heterocycles. The molecule has 0 aliphatic heterocycles. The molecule has 0 bridgehead atoms. The van der Waals surface area contributed by atoms with E-state index < -0.39 is 14.9 Å². The summed E-state index contributed by atoms with van der Waals surface area (Å²) in [7, 11) is -3.87. The van der Waals surface area contributed by atoms with Crippen LogP contribution in [0, 0.1) is 24.0 Å². The molecule has 0 atom stereocenters. The lowest BCUT2D eigenvalue weighted by atomic mass is 10.1. The summed E-state index contributed by atoms with van der Waals surface area (Å²) in [6, 6.07) is 0. The maximum Gasteiger partial charge on any atom is 0.278 e. The van der Waals surface area contributed by atoms with E-state index in [9.17, 15) is 18.5 Å². The standard InChI is InChI=1S/C11H13N5O4S/c1-7-3-13-9(8(2)11(7)16(17)18)4-15-5-10(14-6-15)21(12,19)20/h3,5-6H,4H2,1-2H3,(H2,12,19,20). The topological polar surface area (TPSA) is 134 Å². The predicted octanol–water partition coefficient (Wildman–Crippen LogP) is 0.499. The van der Waals surface area contributed by atoms with Gasteiger partial charge in [0.15, 0.2) is 5.03 Å². The zero-order chi connectivity index (χ0) is 15.8. The van der Waals surface area contributed by atoms with Crippen molar-refractivity contribution in [2.24, 2.45) is 5.14 Å².